The van der Waals surface area contributed by atoms with Crippen LogP contribution in [0.25, 0.3) is 0 Å². The smallest absolute Gasteiger partial charge is 0.265 e. The number of carbonyl (C=O) groups excluding carboxylic acids is 1. The Morgan fingerprint density at radius 1 is 1.32 bits per heavy atom. The second kappa shape index (κ2) is 5.36. The van der Waals surface area contributed by atoms with Crippen molar-refractivity contribution in [2.75, 3.05) is 19.4 Å². The molecule has 6 heteroatoms. The van der Waals surface area contributed by atoms with Gasteiger partial charge in [0, 0.05) is 19.8 Å². The minimum Gasteiger partial charge on any atom is -0.344 e. The highest BCUT2D eigenvalue weighted by Gasteiger charge is 2.16. The van der Waals surface area contributed by atoms with Crippen LogP contribution in [-0.2, 0) is 0 Å². The van der Waals surface area contributed by atoms with E-state index in [1.54, 1.807) is 33.2 Å². The molecule has 1 N–H and O–H groups in total. The molecule has 0 aliphatic rings. The van der Waals surface area contributed by atoms with Crippen molar-refractivity contribution in [2.24, 2.45) is 0 Å². The molecule has 0 saturated carbocycles. The molecule has 19 heavy (non-hydrogen) atoms. The van der Waals surface area contributed by atoms with E-state index in [-0.39, 0.29) is 11.7 Å². The Kier molecular flexibility index (Phi) is 3.80. The van der Waals surface area contributed by atoms with Crippen LogP contribution in [0.15, 0.2) is 24.3 Å². The number of nitrogens with zero attached hydrogens (tertiary/aromatic N) is 2. The number of aromatic nitrogens is 1. The Balaban J connectivity index is 2.21. The van der Waals surface area contributed by atoms with Gasteiger partial charge < -0.3 is 10.2 Å². The van der Waals surface area contributed by atoms with E-state index >= 15 is 0 Å². The maximum absolute atomic E-state index is 12.8. The van der Waals surface area contributed by atoms with Gasteiger partial charge in [-0.2, -0.15) is 0 Å². The molecule has 0 spiro atoms. The summed E-state index contributed by atoms with van der Waals surface area (Å²) in [7, 11) is 3.41. The number of hydrogen-bond donors (Lipinski definition) is 1. The van der Waals surface area contributed by atoms with Crippen molar-refractivity contribution in [2.45, 2.75) is 6.92 Å². The number of amides is 1. The van der Waals surface area contributed by atoms with Crippen LogP contribution in [0.1, 0.15) is 15.4 Å². The minimum atomic E-state index is -0.288. The molecule has 100 valence electrons. The monoisotopic (exact) mass is 279 g/mol. The molecule has 4 nitrogen and oxygen atoms in total. The number of carbonyl (C=O) groups is 1. The summed E-state index contributed by atoms with van der Waals surface area (Å²) in [5, 5.41) is 3.68. The number of benzene rings is 1. The van der Waals surface area contributed by atoms with Gasteiger partial charge in [0.25, 0.3) is 5.91 Å². The van der Waals surface area contributed by atoms with Crippen molar-refractivity contribution in [3.8, 4) is 0 Å². The molecule has 1 aromatic heterocycles. The molecule has 1 heterocycles. The molecular weight excluding hydrogens is 265 g/mol. The first kappa shape index (κ1) is 13.5. The van der Waals surface area contributed by atoms with E-state index in [0.29, 0.717) is 15.7 Å². The van der Waals surface area contributed by atoms with Crippen molar-refractivity contribution in [1.82, 2.24) is 9.88 Å². The van der Waals surface area contributed by atoms with Gasteiger partial charge in [-0.1, -0.05) is 11.3 Å². The first-order chi connectivity index (χ1) is 8.97. The van der Waals surface area contributed by atoms with E-state index < -0.39 is 0 Å². The van der Waals surface area contributed by atoms with E-state index in [9.17, 15) is 9.18 Å². The molecular formula is C13H14FN3OS. The second-order valence-electron chi connectivity index (χ2n) is 4.27. The highest BCUT2D eigenvalue weighted by atomic mass is 32.1. The maximum atomic E-state index is 12.8. The number of rotatable bonds is 3. The topological polar surface area (TPSA) is 45.2 Å². The molecule has 1 aromatic carbocycles. The van der Waals surface area contributed by atoms with Crippen LogP contribution >= 0.6 is 11.3 Å². The number of thiazole rings is 1. The Morgan fingerprint density at radius 3 is 2.53 bits per heavy atom. The fourth-order valence-corrected chi connectivity index (χ4v) is 2.52. The summed E-state index contributed by atoms with van der Waals surface area (Å²) in [5.74, 6) is -0.355. The van der Waals surface area contributed by atoms with Gasteiger partial charge >= 0.3 is 0 Å². The lowest BCUT2D eigenvalue weighted by atomic mass is 10.3. The molecule has 0 radical (unpaired) electrons. The number of halogens is 1. The SMILES string of the molecule is Cc1nc(Nc2ccc(F)cc2)sc1C(=O)N(C)C. The van der Waals surface area contributed by atoms with Crippen LogP contribution in [0.3, 0.4) is 0 Å². The zero-order valence-corrected chi connectivity index (χ0v) is 11.7. The molecule has 1 amide bonds. The first-order valence-corrected chi connectivity index (χ1v) is 6.50. The summed E-state index contributed by atoms with van der Waals surface area (Å²) >= 11 is 1.29. The standard InChI is InChI=1S/C13H14FN3OS/c1-8-11(12(18)17(2)3)19-13(15-8)16-10-6-4-9(14)5-7-10/h4-7H,1-3H3,(H,15,16). The van der Waals surface area contributed by atoms with Crippen LogP contribution in [0.4, 0.5) is 15.2 Å². The van der Waals surface area contributed by atoms with Gasteiger partial charge in [0.2, 0.25) is 0 Å². The Morgan fingerprint density at radius 2 is 1.95 bits per heavy atom. The number of hydrogen-bond acceptors (Lipinski definition) is 4. The van der Waals surface area contributed by atoms with Crippen LogP contribution in [-0.4, -0.2) is 29.9 Å². The molecule has 0 aliphatic carbocycles. The van der Waals surface area contributed by atoms with E-state index in [0.717, 1.165) is 5.69 Å². The third-order valence-corrected chi connectivity index (χ3v) is 3.55. The third kappa shape index (κ3) is 3.08. The average Bonchev–Trinajstić information content (AvgIpc) is 2.72. The van der Waals surface area contributed by atoms with Crippen LogP contribution in [0, 0.1) is 12.7 Å². The van der Waals surface area contributed by atoms with Gasteiger partial charge in [0.05, 0.1) is 5.69 Å². The van der Waals surface area contributed by atoms with Crippen molar-refractivity contribution >= 4 is 28.1 Å². The van der Waals surface area contributed by atoms with E-state index in [4.69, 9.17) is 0 Å². The van der Waals surface area contributed by atoms with Crippen molar-refractivity contribution in [3.05, 3.63) is 40.7 Å². The van der Waals surface area contributed by atoms with Crippen molar-refractivity contribution in [3.63, 3.8) is 0 Å². The van der Waals surface area contributed by atoms with Gasteiger partial charge in [0.1, 0.15) is 10.7 Å². The molecule has 0 fully saturated rings. The summed E-state index contributed by atoms with van der Waals surface area (Å²) in [6, 6.07) is 5.99. The Labute approximate surface area is 114 Å². The molecule has 0 bridgehead atoms. The number of aryl methyl sites for hydroxylation is 1. The normalized spacial score (nSPS) is 10.3. The Bertz CT molecular complexity index is 592. The maximum Gasteiger partial charge on any atom is 0.265 e. The van der Waals surface area contributed by atoms with Gasteiger partial charge in [-0.25, -0.2) is 9.37 Å². The quantitative estimate of drug-likeness (QED) is 0.939. The van der Waals surface area contributed by atoms with Gasteiger partial charge in [-0.15, -0.1) is 0 Å². The summed E-state index contributed by atoms with van der Waals surface area (Å²) in [5.41, 5.74) is 1.42. The van der Waals surface area contributed by atoms with Crippen LogP contribution in [0.2, 0.25) is 0 Å². The number of nitrogens with one attached hydrogen (secondary N) is 1. The summed E-state index contributed by atoms with van der Waals surface area (Å²) < 4.78 is 12.8. The molecule has 2 aromatic rings. The van der Waals surface area contributed by atoms with E-state index in [1.807, 2.05) is 0 Å². The van der Waals surface area contributed by atoms with E-state index in [1.165, 1.54) is 28.4 Å². The van der Waals surface area contributed by atoms with Gasteiger partial charge in [0.15, 0.2) is 5.13 Å². The van der Waals surface area contributed by atoms with E-state index in [2.05, 4.69) is 10.3 Å². The fourth-order valence-electron chi connectivity index (χ4n) is 1.51. The predicted molar refractivity (Wildman–Crippen MR) is 74.6 cm³/mol. The van der Waals surface area contributed by atoms with Gasteiger partial charge in [-0.05, 0) is 31.2 Å². The third-order valence-electron chi connectivity index (χ3n) is 2.49. The average molecular weight is 279 g/mol. The lowest BCUT2D eigenvalue weighted by molar-refractivity contribution is 0.0831. The highest BCUT2D eigenvalue weighted by Crippen LogP contribution is 2.26. The first-order valence-electron chi connectivity index (χ1n) is 5.69. The lowest BCUT2D eigenvalue weighted by Crippen LogP contribution is -2.21. The summed E-state index contributed by atoms with van der Waals surface area (Å²) in [6.45, 7) is 1.79. The Hall–Kier alpha value is -1.95. The largest absolute Gasteiger partial charge is 0.344 e. The molecule has 0 saturated heterocycles. The summed E-state index contributed by atoms with van der Waals surface area (Å²) in [6.07, 6.45) is 0. The second-order valence-corrected chi connectivity index (χ2v) is 5.26. The van der Waals surface area contributed by atoms with Crippen LogP contribution in [0.5, 0.6) is 0 Å². The predicted octanol–water partition coefficient (Wildman–Crippen LogP) is 3.04. The minimum absolute atomic E-state index is 0.0674. The molecule has 0 atom stereocenters. The number of anilines is 2. The molecule has 0 aliphatic heterocycles. The zero-order chi connectivity index (χ0) is 14.0. The molecule has 2 rings (SSSR count). The zero-order valence-electron chi connectivity index (χ0n) is 10.9. The highest BCUT2D eigenvalue weighted by molar-refractivity contribution is 7.17. The lowest BCUT2D eigenvalue weighted by Gasteiger charge is -2.07. The molecule has 0 unspecified atom stereocenters. The van der Waals surface area contributed by atoms with Crippen molar-refractivity contribution < 1.29 is 9.18 Å². The van der Waals surface area contributed by atoms with Crippen LogP contribution < -0.4 is 5.32 Å². The fraction of sp³-hybridized carbons (Fsp3) is 0.231. The van der Waals surface area contributed by atoms with Crippen molar-refractivity contribution in [1.29, 1.82) is 0 Å². The summed E-state index contributed by atoms with van der Waals surface area (Å²) in [4.78, 5) is 18.3. The van der Waals surface area contributed by atoms with Gasteiger partial charge in [-0.3, -0.25) is 4.79 Å².